The number of hydrogen-bond donors (Lipinski definition) is 4. The fourth-order valence-electron chi connectivity index (χ4n) is 1.58. The van der Waals surface area contributed by atoms with Gasteiger partial charge in [0.05, 0.1) is 18.6 Å². The molecule has 0 fully saturated rings. The van der Waals surface area contributed by atoms with Gasteiger partial charge in [-0.2, -0.15) is 0 Å². The number of Topliss-reactive ketones (excluding diaryl/α,β-unsaturated/α-hetero) is 1. The minimum Gasteiger partial charge on any atom is -0.395 e. The summed E-state index contributed by atoms with van der Waals surface area (Å²) in [5, 5.41) is 18.4. The van der Waals surface area contributed by atoms with Gasteiger partial charge in [-0.15, -0.1) is 0 Å². The molecular weight excluding hydrogens is 248 g/mol. The largest absolute Gasteiger partial charge is 0.395 e. The van der Waals surface area contributed by atoms with Crippen molar-refractivity contribution in [3.63, 3.8) is 0 Å². The van der Waals surface area contributed by atoms with E-state index in [1.165, 1.54) is 19.1 Å². The van der Waals surface area contributed by atoms with Gasteiger partial charge in [-0.1, -0.05) is 6.07 Å². The van der Waals surface area contributed by atoms with Crippen molar-refractivity contribution in [1.29, 1.82) is 0 Å². The van der Waals surface area contributed by atoms with E-state index in [1.807, 2.05) is 5.43 Å². The minimum atomic E-state index is -1.25. The number of hydrazine groups is 1. The molecule has 0 saturated carbocycles. The zero-order valence-corrected chi connectivity index (χ0v) is 10.9. The average molecular weight is 265 g/mol. The minimum absolute atomic E-state index is 0.214. The van der Waals surface area contributed by atoms with Crippen LogP contribution < -0.4 is 11.3 Å². The third-order valence-electron chi connectivity index (χ3n) is 3.01. The van der Waals surface area contributed by atoms with Crippen molar-refractivity contribution < 1.29 is 19.8 Å². The van der Waals surface area contributed by atoms with Crippen molar-refractivity contribution in [2.75, 3.05) is 13.2 Å². The maximum absolute atomic E-state index is 12.2. The number of aryl methyl sites for hydroxylation is 1. The standard InChI is InChI=1S/C13H17N2O4/c1-8-5-9(12(19)15-14)3-4-10(8)11(18)13(2,6-16)7-17/h3-4,16-17H,6-7,14H2,1-2H3,(H,15,19). The topological polar surface area (TPSA) is 113 Å². The van der Waals surface area contributed by atoms with Crippen molar-refractivity contribution in [3.8, 4) is 0 Å². The van der Waals surface area contributed by atoms with Crippen LogP contribution in [0.15, 0.2) is 12.1 Å². The second-order valence-corrected chi connectivity index (χ2v) is 4.59. The summed E-state index contributed by atoms with van der Waals surface area (Å²) in [6.07, 6.45) is 0. The third kappa shape index (κ3) is 2.98. The Balaban J connectivity index is 3.16. The van der Waals surface area contributed by atoms with Crippen molar-refractivity contribution in [2.24, 2.45) is 11.3 Å². The first-order chi connectivity index (χ1) is 8.89. The Bertz CT molecular complexity index is 495. The number of ketones is 1. The Morgan fingerprint density at radius 2 is 1.95 bits per heavy atom. The SMILES string of the molecule is Cc1[c]c(C(=O)NN)ccc1C(=O)C(C)(CO)CO. The number of aliphatic hydroxyl groups is 2. The highest BCUT2D eigenvalue weighted by molar-refractivity contribution is 6.03. The molecule has 0 spiro atoms. The fourth-order valence-corrected chi connectivity index (χ4v) is 1.58. The normalized spacial score (nSPS) is 11.2. The number of nitrogen functional groups attached to an aromatic ring is 1. The Kier molecular flexibility index (Phi) is 4.77. The van der Waals surface area contributed by atoms with Crippen LogP contribution in [0.25, 0.3) is 0 Å². The molecule has 103 valence electrons. The monoisotopic (exact) mass is 265 g/mol. The molecule has 0 aliphatic heterocycles. The predicted molar refractivity (Wildman–Crippen MR) is 68.3 cm³/mol. The van der Waals surface area contributed by atoms with E-state index >= 15 is 0 Å². The first kappa shape index (κ1) is 15.3. The molecule has 6 heteroatoms. The Morgan fingerprint density at radius 1 is 1.37 bits per heavy atom. The number of carbonyl (C=O) groups excluding carboxylic acids is 2. The van der Waals surface area contributed by atoms with Gasteiger partial charge in [0.1, 0.15) is 0 Å². The number of benzene rings is 1. The molecule has 6 nitrogen and oxygen atoms in total. The first-order valence-corrected chi connectivity index (χ1v) is 5.70. The highest BCUT2D eigenvalue weighted by atomic mass is 16.3. The van der Waals surface area contributed by atoms with Crippen LogP contribution in [-0.4, -0.2) is 35.1 Å². The molecule has 0 saturated heterocycles. The van der Waals surface area contributed by atoms with Crippen LogP contribution in [0, 0.1) is 18.4 Å². The van der Waals surface area contributed by atoms with Gasteiger partial charge in [-0.05, 0) is 31.5 Å². The van der Waals surface area contributed by atoms with Gasteiger partial charge in [0.2, 0.25) is 0 Å². The molecule has 5 N–H and O–H groups in total. The molecule has 0 aliphatic rings. The van der Waals surface area contributed by atoms with Crippen LogP contribution in [0.1, 0.15) is 33.2 Å². The molecule has 1 amide bonds. The van der Waals surface area contributed by atoms with E-state index in [-0.39, 0.29) is 5.56 Å². The Morgan fingerprint density at radius 3 is 2.37 bits per heavy atom. The van der Waals surface area contributed by atoms with Gasteiger partial charge in [0.15, 0.2) is 5.78 Å². The average Bonchev–Trinajstić information content (AvgIpc) is 2.44. The molecule has 0 bridgehead atoms. The lowest BCUT2D eigenvalue weighted by Crippen LogP contribution is -2.36. The summed E-state index contributed by atoms with van der Waals surface area (Å²) in [4.78, 5) is 23.6. The van der Waals surface area contributed by atoms with Crippen LogP contribution >= 0.6 is 0 Å². The van der Waals surface area contributed by atoms with E-state index in [1.54, 1.807) is 6.92 Å². The zero-order chi connectivity index (χ0) is 14.6. The zero-order valence-electron chi connectivity index (χ0n) is 10.9. The highest BCUT2D eigenvalue weighted by Crippen LogP contribution is 2.24. The van der Waals surface area contributed by atoms with Crippen LogP contribution in [0.4, 0.5) is 0 Å². The second-order valence-electron chi connectivity index (χ2n) is 4.59. The first-order valence-electron chi connectivity index (χ1n) is 5.70. The summed E-state index contributed by atoms with van der Waals surface area (Å²) in [5.41, 5.74) is 1.70. The van der Waals surface area contributed by atoms with E-state index in [9.17, 15) is 19.8 Å². The van der Waals surface area contributed by atoms with Gasteiger partial charge in [0, 0.05) is 11.1 Å². The highest BCUT2D eigenvalue weighted by Gasteiger charge is 2.33. The molecule has 1 radical (unpaired) electrons. The van der Waals surface area contributed by atoms with Crippen molar-refractivity contribution in [2.45, 2.75) is 13.8 Å². The summed E-state index contributed by atoms with van der Waals surface area (Å²) in [7, 11) is 0. The lowest BCUT2D eigenvalue weighted by molar-refractivity contribution is 0.0481. The Hall–Kier alpha value is -1.76. The van der Waals surface area contributed by atoms with Gasteiger partial charge < -0.3 is 10.2 Å². The maximum Gasteiger partial charge on any atom is 0.265 e. The van der Waals surface area contributed by atoms with Crippen molar-refractivity contribution in [3.05, 3.63) is 34.9 Å². The summed E-state index contributed by atoms with van der Waals surface area (Å²) >= 11 is 0. The van der Waals surface area contributed by atoms with E-state index in [0.29, 0.717) is 11.1 Å². The molecule has 0 aliphatic carbocycles. The summed E-state index contributed by atoms with van der Waals surface area (Å²) in [5.74, 6) is 4.11. The molecule has 0 heterocycles. The van der Waals surface area contributed by atoms with Crippen LogP contribution in [-0.2, 0) is 0 Å². The molecular formula is C13H17N2O4. The number of nitrogens with one attached hydrogen (secondary N) is 1. The molecule has 0 unspecified atom stereocenters. The van der Waals surface area contributed by atoms with Crippen LogP contribution in [0.2, 0.25) is 0 Å². The summed E-state index contributed by atoms with van der Waals surface area (Å²) in [6, 6.07) is 5.63. The molecule has 1 aromatic carbocycles. The molecule has 19 heavy (non-hydrogen) atoms. The van der Waals surface area contributed by atoms with E-state index in [2.05, 4.69) is 6.07 Å². The molecule has 1 rings (SSSR count). The van der Waals surface area contributed by atoms with Gasteiger partial charge >= 0.3 is 0 Å². The van der Waals surface area contributed by atoms with Crippen molar-refractivity contribution >= 4 is 11.7 Å². The van der Waals surface area contributed by atoms with E-state index in [0.717, 1.165) is 0 Å². The second kappa shape index (κ2) is 5.92. The number of carbonyl (C=O) groups is 2. The van der Waals surface area contributed by atoms with Gasteiger partial charge in [0.25, 0.3) is 5.91 Å². The molecule has 0 aromatic heterocycles. The predicted octanol–water partition coefficient (Wildman–Crippen LogP) is -0.428. The van der Waals surface area contributed by atoms with Gasteiger partial charge in [-0.3, -0.25) is 15.0 Å². The number of rotatable bonds is 5. The van der Waals surface area contributed by atoms with E-state index in [4.69, 9.17) is 5.84 Å². The fraction of sp³-hybridized carbons (Fsp3) is 0.385. The number of amides is 1. The summed E-state index contributed by atoms with van der Waals surface area (Å²) < 4.78 is 0. The number of aliphatic hydroxyl groups excluding tert-OH is 2. The van der Waals surface area contributed by atoms with E-state index < -0.39 is 30.3 Å². The van der Waals surface area contributed by atoms with Crippen LogP contribution in [0.5, 0.6) is 0 Å². The summed E-state index contributed by atoms with van der Waals surface area (Å²) in [6.45, 7) is 2.16. The molecule has 1 aromatic rings. The third-order valence-corrected chi connectivity index (χ3v) is 3.01. The van der Waals surface area contributed by atoms with Crippen LogP contribution in [0.3, 0.4) is 0 Å². The lowest BCUT2D eigenvalue weighted by atomic mass is 9.82. The van der Waals surface area contributed by atoms with Crippen molar-refractivity contribution in [1.82, 2.24) is 5.43 Å². The lowest BCUT2D eigenvalue weighted by Gasteiger charge is -2.23. The van der Waals surface area contributed by atoms with Gasteiger partial charge in [-0.25, -0.2) is 5.84 Å². The number of nitrogens with two attached hydrogens (primary N) is 1. The quantitative estimate of drug-likeness (QED) is 0.250. The molecule has 0 atom stereocenters. The maximum atomic E-state index is 12.2. The number of hydrogen-bond acceptors (Lipinski definition) is 5. The smallest absolute Gasteiger partial charge is 0.265 e. The Labute approximate surface area is 111 Å².